The van der Waals surface area contributed by atoms with Crippen LogP contribution in [0.15, 0.2) is 79.9 Å². The van der Waals surface area contributed by atoms with Crippen molar-refractivity contribution >= 4 is 52.5 Å². The average molecular weight is 636 g/mol. The summed E-state index contributed by atoms with van der Waals surface area (Å²) in [6.45, 7) is 11.1. The largest absolute Gasteiger partial charge is 0.396 e. The number of nitrogens with zero attached hydrogens (tertiary/aromatic N) is 3. The van der Waals surface area contributed by atoms with Crippen LogP contribution in [0.4, 0.5) is 11.4 Å². The van der Waals surface area contributed by atoms with E-state index in [4.69, 9.17) is 11.6 Å². The Balaban J connectivity index is 1.55. The fraction of sp³-hybridized carbons (Fsp3) is 0.457. The first kappa shape index (κ1) is 32.3. The summed E-state index contributed by atoms with van der Waals surface area (Å²) in [7, 11) is 0. The number of anilines is 2. The second kappa shape index (κ2) is 13.9. The summed E-state index contributed by atoms with van der Waals surface area (Å²) in [4.78, 5) is 49.1. The van der Waals surface area contributed by atoms with E-state index in [1.807, 2.05) is 42.5 Å². The summed E-state index contributed by atoms with van der Waals surface area (Å²) in [6, 6.07) is 15.9. The molecule has 2 bridgehead atoms. The van der Waals surface area contributed by atoms with Gasteiger partial charge in [0.25, 0.3) is 5.91 Å². The van der Waals surface area contributed by atoms with Crippen LogP contribution in [-0.4, -0.2) is 70.0 Å². The van der Waals surface area contributed by atoms with Crippen LogP contribution in [0.2, 0.25) is 5.02 Å². The maximum atomic E-state index is 14.8. The van der Waals surface area contributed by atoms with Gasteiger partial charge < -0.3 is 19.8 Å². The summed E-state index contributed by atoms with van der Waals surface area (Å²) in [5.74, 6) is -1.43. The van der Waals surface area contributed by atoms with E-state index in [1.54, 1.807) is 50.7 Å². The highest BCUT2D eigenvalue weighted by Gasteiger charge is 2.76. The van der Waals surface area contributed by atoms with E-state index in [0.717, 1.165) is 24.9 Å². The zero-order valence-electron chi connectivity index (χ0n) is 25.3. The van der Waals surface area contributed by atoms with Crippen molar-refractivity contribution < 1.29 is 19.5 Å². The van der Waals surface area contributed by atoms with Gasteiger partial charge in [0.15, 0.2) is 0 Å². The molecule has 3 saturated heterocycles. The molecular formula is C35H42ClN3O4S. The van der Waals surface area contributed by atoms with Gasteiger partial charge in [0.05, 0.1) is 16.6 Å². The third-order valence-electron chi connectivity index (χ3n) is 9.43. The van der Waals surface area contributed by atoms with Crippen LogP contribution in [-0.2, 0) is 14.4 Å². The molecule has 3 fully saturated rings. The van der Waals surface area contributed by atoms with Crippen molar-refractivity contribution in [3.8, 4) is 0 Å². The molecule has 3 aliphatic heterocycles. The monoisotopic (exact) mass is 635 g/mol. The molecule has 0 aromatic heterocycles. The Kier molecular flexibility index (Phi) is 10.2. The summed E-state index contributed by atoms with van der Waals surface area (Å²) in [6.07, 6.45) is 7.28. The SMILES string of the molecule is C=CCN(C(=O)C1N(CCCCCCO)C(=O)[C@@H]2[C@H](C(=O)N(CC=C)c3ccccc3)[C@@H]3CC(C)C12S3)c1ccc(Cl)cc1. The number of hydrogen-bond donors (Lipinski definition) is 1. The number of aliphatic hydroxyl groups is 1. The Bertz CT molecular complexity index is 1370. The standard InChI is InChI=1S/C35H42ClN3O4S/c1-4-19-37(26-13-9-8-10-14-26)32(41)29-28-23-24(3)35(44-28)30(29)33(42)39(21-11-6-7-12-22-40)31(35)34(43)38(20-5-2)27-17-15-25(36)16-18-27/h4-5,8-10,13-18,24,28-31,40H,1-2,6-7,11-12,19-23H2,3H3/t24?,28-,29+,30-,31?,35?/m0/s1. The highest BCUT2D eigenvalue weighted by atomic mass is 35.5. The number of aliphatic hydroxyl groups excluding tert-OH is 1. The molecule has 2 aromatic carbocycles. The summed E-state index contributed by atoms with van der Waals surface area (Å²) in [5.41, 5.74) is 1.46. The lowest BCUT2D eigenvalue weighted by molar-refractivity contribution is -0.139. The maximum absolute atomic E-state index is 14.8. The van der Waals surface area contributed by atoms with Gasteiger partial charge in [-0.3, -0.25) is 14.4 Å². The van der Waals surface area contributed by atoms with Gasteiger partial charge in [-0.15, -0.1) is 24.9 Å². The Morgan fingerprint density at radius 1 is 0.977 bits per heavy atom. The smallest absolute Gasteiger partial charge is 0.251 e. The van der Waals surface area contributed by atoms with E-state index in [9.17, 15) is 19.5 Å². The van der Waals surface area contributed by atoms with Crippen LogP contribution in [0.5, 0.6) is 0 Å². The van der Waals surface area contributed by atoms with Crippen molar-refractivity contribution in [1.29, 1.82) is 0 Å². The predicted molar refractivity (Wildman–Crippen MR) is 179 cm³/mol. The number of unbranched alkanes of at least 4 members (excludes halogenated alkanes) is 3. The lowest BCUT2D eigenvalue weighted by atomic mass is 9.65. The second-order valence-electron chi connectivity index (χ2n) is 12.0. The number of fused-ring (bicyclic) bond motifs is 1. The first-order valence-electron chi connectivity index (χ1n) is 15.5. The molecule has 234 valence electrons. The molecule has 3 unspecified atom stereocenters. The highest BCUT2D eigenvalue weighted by molar-refractivity contribution is 8.02. The number of hydrogen-bond acceptors (Lipinski definition) is 5. The highest BCUT2D eigenvalue weighted by Crippen LogP contribution is 2.69. The minimum absolute atomic E-state index is 0.0595. The van der Waals surface area contributed by atoms with Crippen molar-refractivity contribution in [3.05, 3.63) is 84.9 Å². The number of thioether (sulfide) groups is 1. The fourth-order valence-corrected chi connectivity index (χ4v) is 10.1. The maximum Gasteiger partial charge on any atom is 0.251 e. The molecule has 0 aliphatic carbocycles. The molecule has 2 aromatic rings. The Morgan fingerprint density at radius 3 is 2.23 bits per heavy atom. The molecule has 0 radical (unpaired) electrons. The van der Waals surface area contributed by atoms with Gasteiger partial charge in [0.2, 0.25) is 11.8 Å². The molecule has 3 aliphatic rings. The molecule has 5 rings (SSSR count). The molecule has 6 atom stereocenters. The zero-order valence-corrected chi connectivity index (χ0v) is 26.9. The summed E-state index contributed by atoms with van der Waals surface area (Å²) >= 11 is 7.86. The van der Waals surface area contributed by atoms with Crippen molar-refractivity contribution in [2.24, 2.45) is 17.8 Å². The lowest BCUT2D eigenvalue weighted by Crippen LogP contribution is -2.57. The molecule has 9 heteroatoms. The van der Waals surface area contributed by atoms with Crippen LogP contribution in [0.3, 0.4) is 0 Å². The minimum Gasteiger partial charge on any atom is -0.396 e. The Morgan fingerprint density at radius 2 is 1.59 bits per heavy atom. The number of likely N-dealkylation sites (tertiary alicyclic amines) is 1. The Labute approximate surface area is 269 Å². The predicted octanol–water partition coefficient (Wildman–Crippen LogP) is 5.97. The molecule has 3 amide bonds. The fourth-order valence-electron chi connectivity index (χ4n) is 7.53. The van der Waals surface area contributed by atoms with Crippen LogP contribution >= 0.6 is 23.4 Å². The van der Waals surface area contributed by atoms with Crippen LogP contribution in [0.1, 0.15) is 39.0 Å². The third kappa shape index (κ3) is 5.72. The number of rotatable bonds is 14. The quantitative estimate of drug-likeness (QED) is 0.204. The Hall–Kier alpha value is -3.07. The van der Waals surface area contributed by atoms with Gasteiger partial charge in [-0.1, -0.05) is 61.7 Å². The number of carbonyl (C=O) groups is 3. The first-order chi connectivity index (χ1) is 21.3. The average Bonchev–Trinajstić information content (AvgIpc) is 3.62. The second-order valence-corrected chi connectivity index (χ2v) is 14.0. The normalized spacial score (nSPS) is 26.8. The van der Waals surface area contributed by atoms with Gasteiger partial charge in [-0.25, -0.2) is 0 Å². The molecule has 3 heterocycles. The first-order valence-corrected chi connectivity index (χ1v) is 16.8. The van der Waals surface area contributed by atoms with Gasteiger partial charge in [0, 0.05) is 47.9 Å². The van der Waals surface area contributed by atoms with Crippen molar-refractivity contribution in [1.82, 2.24) is 4.90 Å². The number of para-hydroxylation sites is 1. The zero-order chi connectivity index (χ0) is 31.4. The number of benzene rings is 2. The van der Waals surface area contributed by atoms with Gasteiger partial charge in [-0.05, 0) is 61.6 Å². The number of halogens is 1. The molecule has 44 heavy (non-hydrogen) atoms. The lowest BCUT2D eigenvalue weighted by Gasteiger charge is -2.41. The van der Waals surface area contributed by atoms with Crippen molar-refractivity contribution in [2.75, 3.05) is 36.0 Å². The number of carbonyl (C=O) groups excluding carboxylic acids is 3. The third-order valence-corrected chi connectivity index (χ3v) is 11.8. The number of amides is 3. The summed E-state index contributed by atoms with van der Waals surface area (Å²) in [5, 5.41) is 9.76. The van der Waals surface area contributed by atoms with Crippen molar-refractivity contribution in [3.63, 3.8) is 0 Å². The van der Waals surface area contributed by atoms with E-state index in [2.05, 4.69) is 20.1 Å². The molecule has 1 N–H and O–H groups in total. The topological polar surface area (TPSA) is 81.2 Å². The van der Waals surface area contributed by atoms with Gasteiger partial charge >= 0.3 is 0 Å². The minimum atomic E-state index is -0.730. The summed E-state index contributed by atoms with van der Waals surface area (Å²) < 4.78 is -0.730. The van der Waals surface area contributed by atoms with E-state index in [1.165, 1.54) is 0 Å². The van der Waals surface area contributed by atoms with E-state index in [0.29, 0.717) is 36.6 Å². The van der Waals surface area contributed by atoms with Crippen LogP contribution in [0.25, 0.3) is 0 Å². The van der Waals surface area contributed by atoms with Gasteiger partial charge in [0.1, 0.15) is 6.04 Å². The molecule has 0 saturated carbocycles. The van der Waals surface area contributed by atoms with E-state index >= 15 is 0 Å². The van der Waals surface area contributed by atoms with Crippen molar-refractivity contribution in [2.45, 2.75) is 55.1 Å². The molecular weight excluding hydrogens is 594 g/mol. The van der Waals surface area contributed by atoms with E-state index in [-0.39, 0.29) is 42.0 Å². The van der Waals surface area contributed by atoms with Crippen LogP contribution < -0.4 is 9.80 Å². The van der Waals surface area contributed by atoms with Gasteiger partial charge in [-0.2, -0.15) is 0 Å². The van der Waals surface area contributed by atoms with Crippen LogP contribution in [0, 0.1) is 17.8 Å². The molecule has 1 spiro atoms. The molecule has 7 nitrogen and oxygen atoms in total. The van der Waals surface area contributed by atoms with E-state index < -0.39 is 22.6 Å².